The SMILES string of the molecule is CCCC.CCCCCC(C)CC.CCCCCCC. The van der Waals surface area contributed by atoms with Gasteiger partial charge in [-0.15, -0.1) is 0 Å². The summed E-state index contributed by atoms with van der Waals surface area (Å²) in [7, 11) is 0. The van der Waals surface area contributed by atoms with Gasteiger partial charge in [0.25, 0.3) is 0 Å². The molecule has 0 N–H and O–H groups in total. The van der Waals surface area contributed by atoms with E-state index in [9.17, 15) is 0 Å². The van der Waals surface area contributed by atoms with E-state index in [0.717, 1.165) is 5.92 Å². The Hall–Kier alpha value is 0. The molecule has 0 nitrogen and oxygen atoms in total. The van der Waals surface area contributed by atoms with Crippen LogP contribution in [-0.4, -0.2) is 0 Å². The first kappa shape index (κ1) is 25.0. The molecule has 0 radical (unpaired) electrons. The highest BCUT2D eigenvalue weighted by molar-refractivity contribution is 4.49. The molecule has 0 heteroatoms. The third kappa shape index (κ3) is 36.1. The number of rotatable bonds is 10. The van der Waals surface area contributed by atoms with Gasteiger partial charge < -0.3 is 0 Å². The van der Waals surface area contributed by atoms with Crippen LogP contribution in [0.1, 0.15) is 126 Å². The molecule has 0 aromatic heterocycles. The highest BCUT2D eigenvalue weighted by atomic mass is 14.0. The van der Waals surface area contributed by atoms with E-state index >= 15 is 0 Å². The van der Waals surface area contributed by atoms with Gasteiger partial charge in [0.05, 0.1) is 0 Å². The summed E-state index contributed by atoms with van der Waals surface area (Å²) in [4.78, 5) is 0. The zero-order valence-electron chi connectivity index (χ0n) is 16.1. The average molecular weight is 287 g/mol. The summed E-state index contributed by atoms with van der Waals surface area (Å²) in [5.74, 6) is 0.955. The molecule has 0 saturated carbocycles. The number of unbranched alkanes of at least 4 members (excludes halogenated alkanes) is 7. The fourth-order valence-corrected chi connectivity index (χ4v) is 1.62. The van der Waals surface area contributed by atoms with Gasteiger partial charge in [0.15, 0.2) is 0 Å². The van der Waals surface area contributed by atoms with Crippen molar-refractivity contribution in [1.29, 1.82) is 0 Å². The van der Waals surface area contributed by atoms with E-state index in [0.29, 0.717) is 0 Å². The van der Waals surface area contributed by atoms with Crippen molar-refractivity contribution in [3.8, 4) is 0 Å². The molecule has 126 valence electrons. The molecule has 0 fully saturated rings. The Morgan fingerprint density at radius 1 is 0.500 bits per heavy atom. The van der Waals surface area contributed by atoms with Gasteiger partial charge in [-0.1, -0.05) is 126 Å². The lowest BCUT2D eigenvalue weighted by molar-refractivity contribution is 0.482. The monoisotopic (exact) mass is 286 g/mol. The highest BCUT2D eigenvalue weighted by Crippen LogP contribution is 2.11. The Morgan fingerprint density at radius 3 is 1.20 bits per heavy atom. The van der Waals surface area contributed by atoms with Gasteiger partial charge >= 0.3 is 0 Å². The largest absolute Gasteiger partial charge is 0.0654 e. The summed E-state index contributed by atoms with van der Waals surface area (Å²) in [6.07, 6.45) is 16.6. The van der Waals surface area contributed by atoms with Crippen molar-refractivity contribution in [1.82, 2.24) is 0 Å². The van der Waals surface area contributed by atoms with Gasteiger partial charge in [0.1, 0.15) is 0 Å². The van der Waals surface area contributed by atoms with Crippen LogP contribution in [0.4, 0.5) is 0 Å². The first-order valence-corrected chi connectivity index (χ1v) is 9.64. The van der Waals surface area contributed by atoms with E-state index in [-0.39, 0.29) is 0 Å². The first-order valence-electron chi connectivity index (χ1n) is 9.64. The molecule has 0 aromatic carbocycles. The second kappa shape index (κ2) is 27.4. The Kier molecular flexibility index (Phi) is 34.2. The minimum absolute atomic E-state index is 0.955. The molecular formula is C20H46. The number of hydrogen-bond donors (Lipinski definition) is 0. The van der Waals surface area contributed by atoms with Crippen LogP contribution in [0.2, 0.25) is 0 Å². The van der Waals surface area contributed by atoms with E-state index < -0.39 is 0 Å². The summed E-state index contributed by atoms with van der Waals surface area (Å²) in [6, 6.07) is 0. The van der Waals surface area contributed by atoms with Crippen molar-refractivity contribution >= 4 is 0 Å². The van der Waals surface area contributed by atoms with Crippen LogP contribution in [0.3, 0.4) is 0 Å². The average Bonchev–Trinajstić information content (AvgIpc) is 2.49. The van der Waals surface area contributed by atoms with Crippen LogP contribution in [0, 0.1) is 5.92 Å². The predicted octanol–water partition coefficient (Wildman–Crippen LogP) is 8.40. The molecule has 0 aliphatic rings. The molecule has 0 aliphatic carbocycles. The molecule has 0 rings (SSSR count). The van der Waals surface area contributed by atoms with Crippen molar-refractivity contribution < 1.29 is 0 Å². The zero-order chi connectivity index (χ0) is 16.1. The Bertz CT molecular complexity index is 111. The third-order valence-corrected chi connectivity index (χ3v) is 3.70. The van der Waals surface area contributed by atoms with Crippen molar-refractivity contribution in [2.45, 2.75) is 126 Å². The molecule has 0 aromatic rings. The Balaban J connectivity index is -0.000000234. The van der Waals surface area contributed by atoms with Crippen LogP contribution in [0.5, 0.6) is 0 Å². The van der Waals surface area contributed by atoms with Crippen LogP contribution in [-0.2, 0) is 0 Å². The van der Waals surface area contributed by atoms with E-state index in [1.807, 2.05) is 0 Å². The van der Waals surface area contributed by atoms with E-state index in [1.165, 1.54) is 77.0 Å². The molecule has 20 heavy (non-hydrogen) atoms. The van der Waals surface area contributed by atoms with Crippen molar-refractivity contribution in [2.24, 2.45) is 5.92 Å². The Labute approximate surface area is 132 Å². The van der Waals surface area contributed by atoms with Crippen molar-refractivity contribution in [2.75, 3.05) is 0 Å². The molecule has 1 unspecified atom stereocenters. The van der Waals surface area contributed by atoms with Gasteiger partial charge in [0, 0.05) is 0 Å². The molecule has 0 aliphatic heterocycles. The van der Waals surface area contributed by atoms with Crippen LogP contribution >= 0.6 is 0 Å². The van der Waals surface area contributed by atoms with Crippen LogP contribution in [0.25, 0.3) is 0 Å². The highest BCUT2D eigenvalue weighted by Gasteiger charge is 1.95. The van der Waals surface area contributed by atoms with Gasteiger partial charge in [-0.25, -0.2) is 0 Å². The predicted molar refractivity (Wildman–Crippen MR) is 98.6 cm³/mol. The lowest BCUT2D eigenvalue weighted by Gasteiger charge is -2.05. The normalized spacial score (nSPS) is 10.9. The summed E-state index contributed by atoms with van der Waals surface area (Å²) in [6.45, 7) is 15.7. The summed E-state index contributed by atoms with van der Waals surface area (Å²) >= 11 is 0. The summed E-state index contributed by atoms with van der Waals surface area (Å²) in [5, 5.41) is 0. The topological polar surface area (TPSA) is 0 Å². The second-order valence-corrected chi connectivity index (χ2v) is 6.07. The number of hydrogen-bond acceptors (Lipinski definition) is 0. The van der Waals surface area contributed by atoms with Crippen molar-refractivity contribution in [3.63, 3.8) is 0 Å². The van der Waals surface area contributed by atoms with Gasteiger partial charge in [-0.3, -0.25) is 0 Å². The quantitative estimate of drug-likeness (QED) is 0.354. The van der Waals surface area contributed by atoms with E-state index in [1.54, 1.807) is 0 Å². The van der Waals surface area contributed by atoms with Crippen molar-refractivity contribution in [3.05, 3.63) is 0 Å². The summed E-state index contributed by atoms with van der Waals surface area (Å²) < 4.78 is 0. The molecule has 0 spiro atoms. The smallest absolute Gasteiger partial charge is 0.0445 e. The molecule has 0 bridgehead atoms. The van der Waals surface area contributed by atoms with E-state index in [4.69, 9.17) is 0 Å². The Morgan fingerprint density at radius 2 is 0.900 bits per heavy atom. The second-order valence-electron chi connectivity index (χ2n) is 6.07. The maximum atomic E-state index is 2.34. The molecule has 0 saturated heterocycles. The minimum Gasteiger partial charge on any atom is -0.0654 e. The molecule has 0 amide bonds. The molecule has 1 atom stereocenters. The van der Waals surface area contributed by atoms with Gasteiger partial charge in [-0.05, 0) is 5.92 Å². The fraction of sp³-hybridized carbons (Fsp3) is 1.00. The maximum absolute atomic E-state index is 2.34. The van der Waals surface area contributed by atoms with Gasteiger partial charge in [-0.2, -0.15) is 0 Å². The third-order valence-electron chi connectivity index (χ3n) is 3.70. The summed E-state index contributed by atoms with van der Waals surface area (Å²) in [5.41, 5.74) is 0. The standard InChI is InChI=1S/C9H20.C7H16.C4H10/c1-4-6-7-8-9(3)5-2;1-3-5-7-6-4-2;1-3-4-2/h9H,4-8H2,1-3H3;3-7H2,1-2H3;3-4H2,1-2H3. The maximum Gasteiger partial charge on any atom is -0.0445 e. The first-order chi connectivity index (χ1) is 9.64. The zero-order valence-corrected chi connectivity index (χ0v) is 16.1. The molecular weight excluding hydrogens is 240 g/mol. The minimum atomic E-state index is 0.955. The lowest BCUT2D eigenvalue weighted by atomic mass is 10.0. The van der Waals surface area contributed by atoms with Crippen LogP contribution < -0.4 is 0 Å². The fourth-order valence-electron chi connectivity index (χ4n) is 1.62. The molecule has 0 heterocycles. The van der Waals surface area contributed by atoms with E-state index in [2.05, 4.69) is 48.5 Å². The lowest BCUT2D eigenvalue weighted by Crippen LogP contribution is -1.90. The van der Waals surface area contributed by atoms with Crippen LogP contribution in [0.15, 0.2) is 0 Å². The van der Waals surface area contributed by atoms with Gasteiger partial charge in [0.2, 0.25) is 0 Å².